The van der Waals surface area contributed by atoms with Crippen molar-refractivity contribution in [1.82, 2.24) is 14.5 Å². The number of rotatable bonds is 5. The molecule has 30 heavy (non-hydrogen) atoms. The number of carbonyl (C=O) groups excluding carboxylic acids is 2. The molecule has 0 saturated heterocycles. The smallest absolute Gasteiger partial charge is 0.261 e. The number of hydrogen-bond acceptors (Lipinski definition) is 3. The van der Waals surface area contributed by atoms with E-state index in [0.29, 0.717) is 30.6 Å². The number of aromatic nitrogens is 2. The molecular weight excluding hydrogens is 374 g/mol. The van der Waals surface area contributed by atoms with Crippen LogP contribution in [-0.2, 0) is 13.0 Å². The highest BCUT2D eigenvalue weighted by molar-refractivity contribution is 6.21. The van der Waals surface area contributed by atoms with Crippen molar-refractivity contribution < 1.29 is 9.59 Å². The number of imide groups is 1. The molecule has 5 nitrogen and oxygen atoms in total. The minimum Gasteiger partial charge on any atom is -0.323 e. The Balaban J connectivity index is 1.46. The zero-order valence-corrected chi connectivity index (χ0v) is 16.7. The molecule has 1 aliphatic heterocycles. The first-order valence-corrected chi connectivity index (χ1v) is 10.1. The van der Waals surface area contributed by atoms with Gasteiger partial charge in [0.05, 0.1) is 22.2 Å². The van der Waals surface area contributed by atoms with E-state index in [-0.39, 0.29) is 11.8 Å². The highest BCUT2D eigenvalue weighted by atomic mass is 16.2. The summed E-state index contributed by atoms with van der Waals surface area (Å²) in [6.45, 7) is 3.11. The Morgan fingerprint density at radius 2 is 1.43 bits per heavy atom. The van der Waals surface area contributed by atoms with E-state index in [4.69, 9.17) is 4.98 Å². The standard InChI is InChI=1S/C25H21N3O2/c1-17-8-2-3-9-18(17)16-28-22-13-7-6-12-21(22)26-23(28)14-15-27-24(29)19-10-4-5-11-20(19)25(27)30/h2-13H,14-16H2,1H3. The average molecular weight is 395 g/mol. The lowest BCUT2D eigenvalue weighted by molar-refractivity contribution is 0.0655. The maximum Gasteiger partial charge on any atom is 0.261 e. The van der Waals surface area contributed by atoms with E-state index >= 15 is 0 Å². The molecule has 2 amide bonds. The third-order valence-electron chi connectivity index (χ3n) is 5.76. The van der Waals surface area contributed by atoms with Crippen LogP contribution in [0.4, 0.5) is 0 Å². The van der Waals surface area contributed by atoms with E-state index in [0.717, 1.165) is 16.9 Å². The van der Waals surface area contributed by atoms with Crippen molar-refractivity contribution in [3.05, 3.63) is 101 Å². The van der Waals surface area contributed by atoms with E-state index in [9.17, 15) is 9.59 Å². The molecule has 0 saturated carbocycles. The monoisotopic (exact) mass is 395 g/mol. The van der Waals surface area contributed by atoms with Crippen molar-refractivity contribution >= 4 is 22.8 Å². The lowest BCUT2D eigenvalue weighted by Crippen LogP contribution is -2.32. The van der Waals surface area contributed by atoms with Crippen LogP contribution < -0.4 is 0 Å². The van der Waals surface area contributed by atoms with Gasteiger partial charge in [-0.1, -0.05) is 48.5 Å². The van der Waals surface area contributed by atoms with Crippen molar-refractivity contribution in [3.8, 4) is 0 Å². The van der Waals surface area contributed by atoms with Crippen molar-refractivity contribution in [2.24, 2.45) is 0 Å². The van der Waals surface area contributed by atoms with Crippen molar-refractivity contribution in [1.29, 1.82) is 0 Å². The lowest BCUT2D eigenvalue weighted by Gasteiger charge is -2.15. The van der Waals surface area contributed by atoms with E-state index in [1.807, 2.05) is 30.3 Å². The van der Waals surface area contributed by atoms with Crippen LogP contribution in [0.15, 0.2) is 72.8 Å². The highest BCUT2D eigenvalue weighted by Crippen LogP contribution is 2.24. The summed E-state index contributed by atoms with van der Waals surface area (Å²) in [7, 11) is 0. The van der Waals surface area contributed by atoms with Crippen LogP contribution in [0.2, 0.25) is 0 Å². The number of hydrogen-bond donors (Lipinski definition) is 0. The van der Waals surface area contributed by atoms with Gasteiger partial charge < -0.3 is 4.57 Å². The summed E-state index contributed by atoms with van der Waals surface area (Å²) in [6.07, 6.45) is 0.506. The molecule has 1 aromatic heterocycles. The van der Waals surface area contributed by atoms with E-state index in [1.165, 1.54) is 16.0 Å². The van der Waals surface area contributed by atoms with Gasteiger partial charge in [0.2, 0.25) is 0 Å². The summed E-state index contributed by atoms with van der Waals surface area (Å²) >= 11 is 0. The summed E-state index contributed by atoms with van der Waals surface area (Å²) in [5.74, 6) is 0.422. The fourth-order valence-electron chi connectivity index (χ4n) is 4.10. The molecule has 0 radical (unpaired) electrons. The summed E-state index contributed by atoms with van der Waals surface area (Å²) in [4.78, 5) is 31.5. The van der Waals surface area contributed by atoms with Gasteiger partial charge in [0.25, 0.3) is 11.8 Å². The van der Waals surface area contributed by atoms with Crippen molar-refractivity contribution in [2.45, 2.75) is 19.9 Å². The van der Waals surface area contributed by atoms with Crippen LogP contribution in [-0.4, -0.2) is 32.8 Å². The number of nitrogens with zero attached hydrogens (tertiary/aromatic N) is 3. The van der Waals surface area contributed by atoms with Gasteiger partial charge in [-0.15, -0.1) is 0 Å². The average Bonchev–Trinajstić information content (AvgIpc) is 3.23. The van der Waals surface area contributed by atoms with Gasteiger partial charge in [0.15, 0.2) is 0 Å². The minimum absolute atomic E-state index is 0.225. The third kappa shape index (κ3) is 2.99. The van der Waals surface area contributed by atoms with Gasteiger partial charge >= 0.3 is 0 Å². The van der Waals surface area contributed by atoms with Crippen LogP contribution in [0.25, 0.3) is 11.0 Å². The second kappa shape index (κ2) is 7.26. The highest BCUT2D eigenvalue weighted by Gasteiger charge is 2.34. The Morgan fingerprint density at radius 1 is 0.800 bits per heavy atom. The largest absolute Gasteiger partial charge is 0.323 e. The molecule has 148 valence electrons. The molecule has 0 aliphatic carbocycles. The molecule has 3 aromatic carbocycles. The van der Waals surface area contributed by atoms with Crippen LogP contribution in [0, 0.1) is 6.92 Å². The Kier molecular flexibility index (Phi) is 4.43. The van der Waals surface area contributed by atoms with Gasteiger partial charge in [-0.3, -0.25) is 14.5 Å². The third-order valence-corrected chi connectivity index (χ3v) is 5.76. The molecular formula is C25H21N3O2. The SMILES string of the molecule is Cc1ccccc1Cn1c(CCN2C(=O)c3ccccc3C2=O)nc2ccccc21. The molecule has 4 aromatic rings. The maximum absolute atomic E-state index is 12.7. The zero-order chi connectivity index (χ0) is 20.7. The Morgan fingerprint density at radius 3 is 2.17 bits per heavy atom. The molecule has 2 heterocycles. The van der Waals surface area contributed by atoms with Crippen LogP contribution >= 0.6 is 0 Å². The predicted molar refractivity (Wildman–Crippen MR) is 116 cm³/mol. The second-order valence-electron chi connectivity index (χ2n) is 7.59. The molecule has 5 heteroatoms. The first kappa shape index (κ1) is 18.3. The number of aryl methyl sites for hydroxylation is 1. The maximum atomic E-state index is 12.7. The molecule has 5 rings (SSSR count). The van der Waals surface area contributed by atoms with Gasteiger partial charge in [0, 0.05) is 19.5 Å². The number of benzene rings is 3. The molecule has 0 unspecified atom stereocenters. The first-order valence-electron chi connectivity index (χ1n) is 10.1. The quantitative estimate of drug-likeness (QED) is 0.475. The van der Waals surface area contributed by atoms with Crippen molar-refractivity contribution in [2.75, 3.05) is 6.54 Å². The van der Waals surface area contributed by atoms with Crippen LogP contribution in [0.3, 0.4) is 0 Å². The van der Waals surface area contributed by atoms with Gasteiger partial charge in [-0.2, -0.15) is 0 Å². The normalized spacial score (nSPS) is 13.3. The summed E-state index contributed by atoms with van der Waals surface area (Å²) in [6, 6.07) is 23.3. The van der Waals surface area contributed by atoms with Crippen LogP contribution in [0.5, 0.6) is 0 Å². The Labute approximate surface area is 174 Å². The number of imidazole rings is 1. The minimum atomic E-state index is -0.225. The second-order valence-corrected chi connectivity index (χ2v) is 7.59. The van der Waals surface area contributed by atoms with Gasteiger partial charge in [-0.25, -0.2) is 4.98 Å². The topological polar surface area (TPSA) is 55.2 Å². The number of amides is 2. The van der Waals surface area contributed by atoms with E-state index in [2.05, 4.69) is 29.7 Å². The lowest BCUT2D eigenvalue weighted by atomic mass is 10.1. The summed E-state index contributed by atoms with van der Waals surface area (Å²) in [5.41, 5.74) is 5.39. The fraction of sp³-hybridized carbons (Fsp3) is 0.160. The predicted octanol–water partition coefficient (Wildman–Crippen LogP) is 4.23. The molecule has 0 N–H and O–H groups in total. The summed E-state index contributed by atoms with van der Waals surface area (Å²) < 4.78 is 2.19. The number of fused-ring (bicyclic) bond motifs is 2. The van der Waals surface area contributed by atoms with E-state index < -0.39 is 0 Å². The summed E-state index contributed by atoms with van der Waals surface area (Å²) in [5, 5.41) is 0. The van der Waals surface area contributed by atoms with Gasteiger partial charge in [0.1, 0.15) is 5.82 Å². The molecule has 1 aliphatic rings. The Bertz CT molecular complexity index is 1250. The van der Waals surface area contributed by atoms with Gasteiger partial charge in [-0.05, 0) is 42.3 Å². The molecule has 0 bridgehead atoms. The number of carbonyl (C=O) groups is 2. The zero-order valence-electron chi connectivity index (χ0n) is 16.7. The molecule has 0 atom stereocenters. The fourth-order valence-corrected chi connectivity index (χ4v) is 4.10. The molecule has 0 fully saturated rings. The van der Waals surface area contributed by atoms with Crippen LogP contribution in [0.1, 0.15) is 37.7 Å². The first-order chi connectivity index (χ1) is 14.6. The number of para-hydroxylation sites is 2. The molecule has 0 spiro atoms. The van der Waals surface area contributed by atoms with Crippen molar-refractivity contribution in [3.63, 3.8) is 0 Å². The Hall–Kier alpha value is -3.73. The van der Waals surface area contributed by atoms with E-state index in [1.54, 1.807) is 24.3 Å².